The van der Waals surface area contributed by atoms with E-state index in [1.807, 2.05) is 11.4 Å². The maximum Gasteiger partial charge on any atom is 0.242 e. The highest BCUT2D eigenvalue weighted by molar-refractivity contribution is 7.10. The molecule has 0 spiro atoms. The van der Waals surface area contributed by atoms with Gasteiger partial charge in [0.2, 0.25) is 5.91 Å². The minimum absolute atomic E-state index is 0.0741. The smallest absolute Gasteiger partial charge is 0.242 e. The van der Waals surface area contributed by atoms with Crippen molar-refractivity contribution in [1.29, 1.82) is 0 Å². The average Bonchev–Trinajstić information content (AvgIpc) is 3.08. The van der Waals surface area contributed by atoms with Gasteiger partial charge in [-0.3, -0.25) is 9.48 Å². The summed E-state index contributed by atoms with van der Waals surface area (Å²) in [5, 5.41) is 17.4. The van der Waals surface area contributed by atoms with Crippen LogP contribution in [0.25, 0.3) is 0 Å². The Kier molecular flexibility index (Phi) is 5.35. The normalized spacial score (nSPS) is 9.85. The molecule has 0 aliphatic heterocycles. The van der Waals surface area contributed by atoms with Crippen LogP contribution in [0.1, 0.15) is 16.9 Å². The van der Waals surface area contributed by atoms with Crippen LogP contribution in [0.4, 0.5) is 0 Å². The van der Waals surface area contributed by atoms with E-state index in [9.17, 15) is 4.79 Å². The Morgan fingerprint density at radius 1 is 1.55 bits per heavy atom. The van der Waals surface area contributed by atoms with E-state index in [1.165, 1.54) is 0 Å². The third kappa shape index (κ3) is 4.53. The molecule has 0 atom stereocenters. The molecule has 6 heteroatoms. The molecule has 0 unspecified atom stereocenters. The molecule has 0 aromatic carbocycles. The van der Waals surface area contributed by atoms with Gasteiger partial charge < -0.3 is 10.4 Å². The van der Waals surface area contributed by atoms with Crippen molar-refractivity contribution in [3.05, 3.63) is 40.3 Å². The van der Waals surface area contributed by atoms with Gasteiger partial charge in [0.1, 0.15) is 6.54 Å². The number of rotatable bonds is 5. The van der Waals surface area contributed by atoms with Gasteiger partial charge in [-0.1, -0.05) is 11.8 Å². The summed E-state index contributed by atoms with van der Waals surface area (Å²) in [6.07, 6.45) is 3.87. The molecular formula is C14H15N3O2S. The van der Waals surface area contributed by atoms with Gasteiger partial charge in [0.15, 0.2) is 0 Å². The molecule has 2 heterocycles. The Labute approximate surface area is 121 Å². The number of thiophene rings is 1. The van der Waals surface area contributed by atoms with Crippen molar-refractivity contribution in [3.8, 4) is 11.8 Å². The van der Waals surface area contributed by atoms with Gasteiger partial charge in [0, 0.05) is 34.6 Å². The van der Waals surface area contributed by atoms with E-state index in [0.717, 1.165) is 10.4 Å². The first-order valence-corrected chi connectivity index (χ1v) is 7.07. The van der Waals surface area contributed by atoms with Gasteiger partial charge in [-0.15, -0.1) is 11.3 Å². The summed E-state index contributed by atoms with van der Waals surface area (Å²) in [4.78, 5) is 12.7. The van der Waals surface area contributed by atoms with Crippen molar-refractivity contribution in [1.82, 2.24) is 15.1 Å². The fraction of sp³-hybridized carbons (Fsp3) is 0.286. The van der Waals surface area contributed by atoms with Crippen molar-refractivity contribution in [3.63, 3.8) is 0 Å². The van der Waals surface area contributed by atoms with Crippen LogP contribution in [0, 0.1) is 11.8 Å². The summed E-state index contributed by atoms with van der Waals surface area (Å²) in [5.41, 5.74) is 0.916. The summed E-state index contributed by atoms with van der Waals surface area (Å²) >= 11 is 1.56. The van der Waals surface area contributed by atoms with Gasteiger partial charge in [-0.25, -0.2) is 0 Å². The van der Waals surface area contributed by atoms with Gasteiger partial charge in [0.05, 0.1) is 13.2 Å². The second-order valence-corrected chi connectivity index (χ2v) is 5.05. The summed E-state index contributed by atoms with van der Waals surface area (Å²) in [6, 6.07) is 3.73. The number of carbonyl (C=O) groups is 1. The van der Waals surface area contributed by atoms with Crippen molar-refractivity contribution < 1.29 is 9.90 Å². The summed E-state index contributed by atoms with van der Waals surface area (Å²) < 4.78 is 1.58. The number of hydrogen-bond acceptors (Lipinski definition) is 4. The lowest BCUT2D eigenvalue weighted by molar-refractivity contribution is -0.122. The van der Waals surface area contributed by atoms with Gasteiger partial charge in [-0.2, -0.15) is 5.10 Å². The van der Waals surface area contributed by atoms with Crippen LogP contribution in [0.5, 0.6) is 0 Å². The van der Waals surface area contributed by atoms with Crippen LogP contribution in [0.2, 0.25) is 0 Å². The lowest BCUT2D eigenvalue weighted by atomic mass is 10.3. The molecule has 20 heavy (non-hydrogen) atoms. The van der Waals surface area contributed by atoms with E-state index in [0.29, 0.717) is 13.0 Å². The predicted octanol–water partition coefficient (Wildman–Crippen LogP) is 0.995. The second-order valence-electron chi connectivity index (χ2n) is 4.06. The van der Waals surface area contributed by atoms with E-state index < -0.39 is 0 Å². The lowest BCUT2D eigenvalue weighted by Gasteiger charge is -2.03. The Morgan fingerprint density at radius 2 is 2.45 bits per heavy atom. The highest BCUT2D eigenvalue weighted by Crippen LogP contribution is 2.13. The van der Waals surface area contributed by atoms with Crippen LogP contribution in [-0.4, -0.2) is 27.4 Å². The summed E-state index contributed by atoms with van der Waals surface area (Å²) in [6.45, 7) is 0.793. The number of aliphatic hydroxyl groups excluding tert-OH is 1. The van der Waals surface area contributed by atoms with Crippen molar-refractivity contribution in [2.75, 3.05) is 6.61 Å². The molecule has 0 aliphatic carbocycles. The molecule has 0 radical (unpaired) electrons. The molecule has 2 aromatic rings. The molecule has 0 fully saturated rings. The molecule has 0 saturated heterocycles. The topological polar surface area (TPSA) is 67.2 Å². The minimum atomic E-state index is -0.0741. The first-order chi connectivity index (χ1) is 9.78. The van der Waals surface area contributed by atoms with Gasteiger partial charge in [0.25, 0.3) is 0 Å². The largest absolute Gasteiger partial charge is 0.395 e. The number of hydrogen-bond donors (Lipinski definition) is 2. The Hall–Kier alpha value is -2.10. The van der Waals surface area contributed by atoms with Crippen LogP contribution < -0.4 is 5.32 Å². The molecule has 0 aliphatic rings. The monoisotopic (exact) mass is 289 g/mol. The van der Waals surface area contributed by atoms with Crippen molar-refractivity contribution >= 4 is 17.2 Å². The molecule has 2 aromatic heterocycles. The Bertz CT molecular complexity index is 608. The second kappa shape index (κ2) is 7.48. The number of amides is 1. The lowest BCUT2D eigenvalue weighted by Crippen LogP contribution is -2.26. The summed E-state index contributed by atoms with van der Waals surface area (Å²) in [5.74, 6) is 5.76. The molecular weight excluding hydrogens is 274 g/mol. The molecule has 5 nitrogen and oxygen atoms in total. The molecule has 2 N–H and O–H groups in total. The molecule has 2 rings (SSSR count). The molecule has 1 amide bonds. The number of nitrogens with one attached hydrogen (secondary N) is 1. The Balaban J connectivity index is 1.79. The third-order valence-electron chi connectivity index (χ3n) is 2.45. The van der Waals surface area contributed by atoms with Crippen LogP contribution in [0.3, 0.4) is 0 Å². The average molecular weight is 289 g/mol. The zero-order valence-electron chi connectivity index (χ0n) is 10.9. The minimum Gasteiger partial charge on any atom is -0.395 e. The molecule has 0 saturated carbocycles. The van der Waals surface area contributed by atoms with E-state index in [4.69, 9.17) is 5.11 Å². The van der Waals surface area contributed by atoms with Crippen molar-refractivity contribution in [2.24, 2.45) is 0 Å². The fourth-order valence-corrected chi connectivity index (χ4v) is 2.30. The number of carbonyl (C=O) groups excluding carboxylic acids is 1. The van der Waals surface area contributed by atoms with E-state index in [-0.39, 0.29) is 19.1 Å². The molecule has 0 bridgehead atoms. The fourth-order valence-electron chi connectivity index (χ4n) is 1.54. The maximum absolute atomic E-state index is 11.7. The molecule has 104 valence electrons. The van der Waals surface area contributed by atoms with Gasteiger partial charge in [-0.05, 0) is 12.1 Å². The van der Waals surface area contributed by atoms with Gasteiger partial charge >= 0.3 is 0 Å². The number of aromatic nitrogens is 2. The number of nitrogens with zero attached hydrogens (tertiary/aromatic N) is 2. The Morgan fingerprint density at radius 3 is 3.20 bits per heavy atom. The van der Waals surface area contributed by atoms with E-state index in [1.54, 1.807) is 34.5 Å². The SMILES string of the molecule is O=C(Cn1cccn1)NCc1cc(C#CCCO)cs1. The first-order valence-electron chi connectivity index (χ1n) is 6.19. The standard InChI is InChI=1S/C14H15N3O2S/c18-7-2-1-4-12-8-13(20-11-12)9-15-14(19)10-17-6-3-5-16-17/h3,5-6,8,11,18H,2,7,9-10H2,(H,15,19). The highest BCUT2D eigenvalue weighted by atomic mass is 32.1. The zero-order chi connectivity index (χ0) is 14.2. The maximum atomic E-state index is 11.7. The number of aliphatic hydroxyl groups is 1. The van der Waals surface area contributed by atoms with E-state index in [2.05, 4.69) is 22.3 Å². The summed E-state index contributed by atoms with van der Waals surface area (Å²) in [7, 11) is 0. The zero-order valence-corrected chi connectivity index (χ0v) is 11.7. The van der Waals surface area contributed by atoms with E-state index >= 15 is 0 Å². The van der Waals surface area contributed by atoms with Crippen LogP contribution in [0.15, 0.2) is 29.9 Å². The third-order valence-corrected chi connectivity index (χ3v) is 3.38. The quantitative estimate of drug-likeness (QED) is 0.807. The highest BCUT2D eigenvalue weighted by Gasteiger charge is 2.04. The predicted molar refractivity (Wildman–Crippen MR) is 77.0 cm³/mol. The first kappa shape index (κ1) is 14.3. The van der Waals surface area contributed by atoms with Crippen molar-refractivity contribution in [2.45, 2.75) is 19.5 Å². The van der Waals surface area contributed by atoms with Crippen LogP contribution >= 0.6 is 11.3 Å². The van der Waals surface area contributed by atoms with Crippen LogP contribution in [-0.2, 0) is 17.9 Å².